The topological polar surface area (TPSA) is 69.6 Å². The molecule has 0 aliphatic carbocycles. The van der Waals surface area contributed by atoms with Gasteiger partial charge in [0.15, 0.2) is 5.96 Å². The third-order valence-corrected chi connectivity index (χ3v) is 5.46. The minimum Gasteiger partial charge on any atom is -0.356 e. The number of rotatable bonds is 6. The summed E-state index contributed by atoms with van der Waals surface area (Å²) < 4.78 is 0. The second-order valence-electron chi connectivity index (χ2n) is 7.90. The lowest BCUT2D eigenvalue weighted by Crippen LogP contribution is -2.38. The second-order valence-corrected chi connectivity index (χ2v) is 8.75. The van der Waals surface area contributed by atoms with Crippen LogP contribution in [0.1, 0.15) is 47.4 Å². The van der Waals surface area contributed by atoms with Crippen LogP contribution in [0.15, 0.2) is 34.6 Å². The molecule has 6 nitrogen and oxygen atoms in total. The molecule has 0 saturated heterocycles. The summed E-state index contributed by atoms with van der Waals surface area (Å²) in [6.07, 6.45) is 0.806. The Hall–Kier alpha value is -2.41. The molecule has 1 heterocycles. The number of thiazole rings is 1. The van der Waals surface area contributed by atoms with E-state index in [9.17, 15) is 4.79 Å². The van der Waals surface area contributed by atoms with Crippen LogP contribution >= 0.6 is 11.3 Å². The molecule has 0 aliphatic rings. The first-order valence-electron chi connectivity index (χ1n) is 9.40. The summed E-state index contributed by atoms with van der Waals surface area (Å²) in [6, 6.07) is 7.75. The number of aromatic nitrogens is 1. The minimum absolute atomic E-state index is 0.0187. The number of aliphatic imine (C=N–C) groups is 1. The van der Waals surface area contributed by atoms with Crippen molar-refractivity contribution in [3.8, 4) is 0 Å². The fourth-order valence-corrected chi connectivity index (χ4v) is 3.48. The fourth-order valence-electron chi connectivity index (χ4n) is 2.57. The number of amides is 1. The van der Waals surface area contributed by atoms with Crippen LogP contribution in [0.4, 0.5) is 0 Å². The number of carbonyl (C=O) groups excluding carboxylic acids is 1. The largest absolute Gasteiger partial charge is 0.356 e. The van der Waals surface area contributed by atoms with E-state index in [0.29, 0.717) is 12.1 Å². The zero-order valence-corrected chi connectivity index (χ0v) is 18.5. The molecule has 0 spiro atoms. The van der Waals surface area contributed by atoms with Gasteiger partial charge in [-0.15, -0.1) is 11.3 Å². The van der Waals surface area contributed by atoms with Crippen molar-refractivity contribution >= 4 is 23.2 Å². The predicted molar refractivity (Wildman–Crippen MR) is 117 cm³/mol. The van der Waals surface area contributed by atoms with Crippen LogP contribution in [0.25, 0.3) is 0 Å². The predicted octanol–water partition coefficient (Wildman–Crippen LogP) is 3.05. The first-order valence-corrected chi connectivity index (χ1v) is 10.3. The smallest absolute Gasteiger partial charge is 0.253 e. The highest BCUT2D eigenvalue weighted by atomic mass is 32.1. The summed E-state index contributed by atoms with van der Waals surface area (Å²) in [4.78, 5) is 22.6. The van der Waals surface area contributed by atoms with E-state index in [1.807, 2.05) is 24.3 Å². The van der Waals surface area contributed by atoms with Crippen molar-refractivity contribution in [3.05, 3.63) is 51.5 Å². The molecule has 2 rings (SSSR count). The Kier molecular flexibility index (Phi) is 7.57. The molecular weight excluding hydrogens is 370 g/mol. The van der Waals surface area contributed by atoms with Crippen molar-refractivity contribution < 1.29 is 4.79 Å². The third-order valence-electron chi connectivity index (χ3n) is 4.14. The number of carbonyl (C=O) groups is 1. The maximum absolute atomic E-state index is 12.1. The highest BCUT2D eigenvalue weighted by Crippen LogP contribution is 2.25. The molecule has 0 fully saturated rings. The van der Waals surface area contributed by atoms with Gasteiger partial charge < -0.3 is 15.5 Å². The van der Waals surface area contributed by atoms with E-state index in [2.05, 4.69) is 41.8 Å². The van der Waals surface area contributed by atoms with Crippen molar-refractivity contribution in [2.45, 2.75) is 39.2 Å². The minimum atomic E-state index is 0.0187. The van der Waals surface area contributed by atoms with Crippen molar-refractivity contribution in [3.63, 3.8) is 0 Å². The molecule has 152 valence electrons. The van der Waals surface area contributed by atoms with Gasteiger partial charge >= 0.3 is 0 Å². The first kappa shape index (κ1) is 21.9. The van der Waals surface area contributed by atoms with E-state index in [1.165, 1.54) is 0 Å². The quantitative estimate of drug-likeness (QED) is 0.577. The zero-order valence-electron chi connectivity index (χ0n) is 17.7. The molecule has 0 radical (unpaired) electrons. The van der Waals surface area contributed by atoms with Crippen molar-refractivity contribution in [1.82, 2.24) is 20.5 Å². The number of benzene rings is 1. The Labute approximate surface area is 172 Å². The summed E-state index contributed by atoms with van der Waals surface area (Å²) in [5.74, 6) is 0.760. The summed E-state index contributed by atoms with van der Waals surface area (Å²) >= 11 is 1.69. The standard InChI is InChI=1S/C21H31N5OS/c1-21(2,3)19-25-17(14-28-19)13-24-20(22-4)23-11-10-15-8-7-9-16(12-15)18(27)26(5)6/h7-9,12,14H,10-11,13H2,1-6H3,(H2,22,23,24). The number of hydrogen-bond acceptors (Lipinski definition) is 4. The summed E-state index contributed by atoms with van der Waals surface area (Å²) in [5, 5.41) is 9.85. The van der Waals surface area contributed by atoms with Crippen LogP contribution in [0.2, 0.25) is 0 Å². The Morgan fingerprint density at radius 3 is 2.61 bits per heavy atom. The number of guanidine groups is 1. The van der Waals surface area contributed by atoms with Crippen LogP contribution in [0.5, 0.6) is 0 Å². The molecular formula is C21H31N5OS. The molecule has 2 aromatic rings. The lowest BCUT2D eigenvalue weighted by Gasteiger charge is -2.14. The van der Waals surface area contributed by atoms with Gasteiger partial charge in [0, 0.05) is 44.0 Å². The normalized spacial score (nSPS) is 12.0. The monoisotopic (exact) mass is 401 g/mol. The van der Waals surface area contributed by atoms with Crippen molar-refractivity contribution in [1.29, 1.82) is 0 Å². The SMILES string of the molecule is CN=C(NCCc1cccc(C(=O)N(C)C)c1)NCc1csc(C(C)(C)C)n1. The first-order chi connectivity index (χ1) is 13.2. The van der Waals surface area contributed by atoms with Gasteiger partial charge in [0.1, 0.15) is 0 Å². The van der Waals surface area contributed by atoms with E-state index in [-0.39, 0.29) is 11.3 Å². The third kappa shape index (κ3) is 6.34. The molecule has 0 bridgehead atoms. The van der Waals surface area contributed by atoms with Gasteiger partial charge in [-0.1, -0.05) is 32.9 Å². The number of nitrogens with zero attached hydrogens (tertiary/aromatic N) is 3. The van der Waals surface area contributed by atoms with Crippen LogP contribution in [-0.2, 0) is 18.4 Å². The highest BCUT2D eigenvalue weighted by molar-refractivity contribution is 7.09. The average molecular weight is 402 g/mol. The summed E-state index contributed by atoms with van der Waals surface area (Å²) in [5.41, 5.74) is 2.92. The second kappa shape index (κ2) is 9.68. The van der Waals surface area contributed by atoms with Gasteiger partial charge in [-0.2, -0.15) is 0 Å². The van der Waals surface area contributed by atoms with E-state index < -0.39 is 0 Å². The van der Waals surface area contributed by atoms with Gasteiger partial charge in [0.2, 0.25) is 0 Å². The van der Waals surface area contributed by atoms with Crippen LogP contribution in [0, 0.1) is 0 Å². The molecule has 1 aromatic heterocycles. The van der Waals surface area contributed by atoms with Gasteiger partial charge in [0.05, 0.1) is 17.2 Å². The molecule has 0 atom stereocenters. The van der Waals surface area contributed by atoms with Gasteiger partial charge in [-0.25, -0.2) is 4.98 Å². The molecule has 0 saturated carbocycles. The highest BCUT2D eigenvalue weighted by Gasteiger charge is 2.17. The average Bonchev–Trinajstić information content (AvgIpc) is 3.13. The summed E-state index contributed by atoms with van der Waals surface area (Å²) in [7, 11) is 5.28. The van der Waals surface area contributed by atoms with E-state index in [1.54, 1.807) is 37.4 Å². The molecule has 0 unspecified atom stereocenters. The van der Waals surface area contributed by atoms with Gasteiger partial charge in [-0.3, -0.25) is 9.79 Å². The maximum Gasteiger partial charge on any atom is 0.253 e. The van der Waals surface area contributed by atoms with E-state index in [4.69, 9.17) is 4.98 Å². The van der Waals surface area contributed by atoms with Crippen LogP contribution < -0.4 is 10.6 Å². The Balaban J connectivity index is 1.84. The molecule has 1 aromatic carbocycles. The van der Waals surface area contributed by atoms with E-state index in [0.717, 1.165) is 35.2 Å². The fraction of sp³-hybridized carbons (Fsp3) is 0.476. The number of hydrogen-bond donors (Lipinski definition) is 2. The van der Waals surface area contributed by atoms with Gasteiger partial charge in [-0.05, 0) is 24.1 Å². The molecule has 7 heteroatoms. The van der Waals surface area contributed by atoms with Gasteiger partial charge in [0.25, 0.3) is 5.91 Å². The maximum atomic E-state index is 12.1. The molecule has 28 heavy (non-hydrogen) atoms. The molecule has 0 aliphatic heterocycles. The van der Waals surface area contributed by atoms with Crippen LogP contribution in [0.3, 0.4) is 0 Å². The molecule has 2 N–H and O–H groups in total. The Morgan fingerprint density at radius 1 is 1.25 bits per heavy atom. The van der Waals surface area contributed by atoms with E-state index >= 15 is 0 Å². The Bertz CT molecular complexity index is 820. The Morgan fingerprint density at radius 2 is 2.00 bits per heavy atom. The van der Waals surface area contributed by atoms with Crippen molar-refractivity contribution in [2.24, 2.45) is 4.99 Å². The van der Waals surface area contributed by atoms with Crippen LogP contribution in [-0.4, -0.2) is 49.4 Å². The van der Waals surface area contributed by atoms with Crippen molar-refractivity contribution in [2.75, 3.05) is 27.7 Å². The lowest BCUT2D eigenvalue weighted by atomic mass is 9.98. The summed E-state index contributed by atoms with van der Waals surface area (Å²) in [6.45, 7) is 7.88. The molecule has 1 amide bonds. The zero-order chi connectivity index (χ0) is 20.7. The lowest BCUT2D eigenvalue weighted by molar-refractivity contribution is 0.0827. The number of nitrogens with one attached hydrogen (secondary N) is 2.